The molecule has 1 aromatic rings. The summed E-state index contributed by atoms with van der Waals surface area (Å²) in [5.74, 6) is -0.434. The van der Waals surface area contributed by atoms with Crippen molar-refractivity contribution in [3.63, 3.8) is 0 Å². The van der Waals surface area contributed by atoms with Gasteiger partial charge in [-0.1, -0.05) is 23.7 Å². The lowest BCUT2D eigenvalue weighted by Gasteiger charge is -2.12. The van der Waals surface area contributed by atoms with Crippen LogP contribution in [0.1, 0.15) is 31.2 Å². The minimum Gasteiger partial charge on any atom is -0.395 e. The van der Waals surface area contributed by atoms with Crippen LogP contribution in [0.5, 0.6) is 0 Å². The van der Waals surface area contributed by atoms with E-state index < -0.39 is 5.91 Å². The SMILES string of the molecule is N=C1/C(=C(\N)C(=O)NCCO)CCCC/C1=C\c1ccc(Cl)cc1. The van der Waals surface area contributed by atoms with E-state index in [0.29, 0.717) is 22.7 Å². The van der Waals surface area contributed by atoms with Crippen molar-refractivity contribution in [2.24, 2.45) is 5.73 Å². The average molecular weight is 348 g/mol. The van der Waals surface area contributed by atoms with Crippen LogP contribution in [0.25, 0.3) is 6.08 Å². The van der Waals surface area contributed by atoms with Crippen molar-refractivity contribution in [2.45, 2.75) is 25.7 Å². The number of benzene rings is 1. The summed E-state index contributed by atoms with van der Waals surface area (Å²) < 4.78 is 0. The maximum Gasteiger partial charge on any atom is 0.267 e. The van der Waals surface area contributed by atoms with E-state index in [9.17, 15) is 4.79 Å². The zero-order chi connectivity index (χ0) is 17.5. The van der Waals surface area contributed by atoms with Gasteiger partial charge in [0.05, 0.1) is 12.3 Å². The highest BCUT2D eigenvalue weighted by Gasteiger charge is 2.21. The lowest BCUT2D eigenvalue weighted by Crippen LogP contribution is -2.32. The average Bonchev–Trinajstić information content (AvgIpc) is 2.76. The van der Waals surface area contributed by atoms with E-state index in [4.69, 9.17) is 27.9 Å². The Bertz CT molecular complexity index is 678. The molecule has 0 unspecified atom stereocenters. The normalized spacial score (nSPS) is 19.1. The molecular weight excluding hydrogens is 326 g/mol. The number of aliphatic hydroxyl groups excluding tert-OH is 1. The van der Waals surface area contributed by atoms with Gasteiger partial charge in [0.1, 0.15) is 5.70 Å². The molecule has 0 heterocycles. The standard InChI is InChI=1S/C18H22ClN3O2/c19-14-7-5-12(6-8-14)11-13-3-1-2-4-15(16(13)20)17(21)18(24)22-9-10-23/h5-8,11,20,23H,1-4,9-10,21H2,(H,22,24)/b13-11+,17-15-,20-16?. The highest BCUT2D eigenvalue weighted by Crippen LogP contribution is 2.27. The van der Waals surface area contributed by atoms with Gasteiger partial charge in [0.15, 0.2) is 0 Å². The number of allylic oxidation sites excluding steroid dienone is 2. The lowest BCUT2D eigenvalue weighted by atomic mass is 9.97. The van der Waals surface area contributed by atoms with E-state index in [1.54, 1.807) is 0 Å². The van der Waals surface area contributed by atoms with Gasteiger partial charge < -0.3 is 21.6 Å². The summed E-state index contributed by atoms with van der Waals surface area (Å²) in [6.45, 7) is 0.00113. The van der Waals surface area contributed by atoms with Crippen molar-refractivity contribution < 1.29 is 9.90 Å². The molecule has 6 heteroatoms. The first-order valence-electron chi connectivity index (χ1n) is 7.96. The maximum absolute atomic E-state index is 12.0. The first-order valence-corrected chi connectivity index (χ1v) is 8.34. The molecule has 0 bridgehead atoms. The van der Waals surface area contributed by atoms with Crippen molar-refractivity contribution in [3.8, 4) is 0 Å². The molecule has 2 rings (SSSR count). The maximum atomic E-state index is 12.0. The third-order valence-electron chi connectivity index (χ3n) is 3.92. The highest BCUT2D eigenvalue weighted by atomic mass is 35.5. The Hall–Kier alpha value is -2.11. The molecular formula is C18H22ClN3O2. The largest absolute Gasteiger partial charge is 0.395 e. The predicted molar refractivity (Wildman–Crippen MR) is 96.9 cm³/mol. The molecule has 128 valence electrons. The molecule has 1 fully saturated rings. The van der Waals surface area contributed by atoms with Crippen LogP contribution in [0.15, 0.2) is 41.1 Å². The molecule has 0 saturated heterocycles. The highest BCUT2D eigenvalue weighted by molar-refractivity contribution is 6.30. The number of aliphatic hydroxyl groups is 1. The summed E-state index contributed by atoms with van der Waals surface area (Å²) >= 11 is 5.90. The number of hydrogen-bond acceptors (Lipinski definition) is 4. The molecule has 24 heavy (non-hydrogen) atoms. The van der Waals surface area contributed by atoms with Gasteiger partial charge in [-0.25, -0.2) is 0 Å². The topological polar surface area (TPSA) is 99.2 Å². The van der Waals surface area contributed by atoms with Crippen LogP contribution in [0.3, 0.4) is 0 Å². The summed E-state index contributed by atoms with van der Waals surface area (Å²) in [4.78, 5) is 12.0. The Morgan fingerprint density at radius 1 is 1.29 bits per heavy atom. The van der Waals surface area contributed by atoms with E-state index in [0.717, 1.165) is 30.4 Å². The zero-order valence-corrected chi connectivity index (χ0v) is 14.2. The minimum absolute atomic E-state index is 0.0670. The molecule has 5 nitrogen and oxygen atoms in total. The summed E-state index contributed by atoms with van der Waals surface area (Å²) in [6.07, 6.45) is 5.15. The van der Waals surface area contributed by atoms with Crippen LogP contribution < -0.4 is 11.1 Å². The number of nitrogens with two attached hydrogens (primary N) is 1. The summed E-state index contributed by atoms with van der Waals surface area (Å²) in [6, 6.07) is 7.41. The first-order chi connectivity index (χ1) is 11.5. The molecule has 0 spiro atoms. The van der Waals surface area contributed by atoms with Gasteiger partial charge >= 0.3 is 0 Å². The van der Waals surface area contributed by atoms with Crippen LogP contribution >= 0.6 is 11.6 Å². The molecule has 1 aliphatic carbocycles. The van der Waals surface area contributed by atoms with Gasteiger partial charge in [-0.3, -0.25) is 4.79 Å². The van der Waals surface area contributed by atoms with E-state index >= 15 is 0 Å². The number of hydrogen-bond donors (Lipinski definition) is 4. The number of amides is 1. The number of carbonyl (C=O) groups excluding carboxylic acids is 1. The van der Waals surface area contributed by atoms with Gasteiger partial charge in [0.2, 0.25) is 0 Å². The van der Waals surface area contributed by atoms with Gasteiger partial charge in [0, 0.05) is 17.1 Å². The van der Waals surface area contributed by atoms with Crippen LogP contribution in [0.2, 0.25) is 5.02 Å². The molecule has 1 saturated carbocycles. The van der Waals surface area contributed by atoms with Crippen molar-refractivity contribution >= 4 is 29.3 Å². The van der Waals surface area contributed by atoms with Gasteiger partial charge in [0.25, 0.3) is 5.91 Å². The van der Waals surface area contributed by atoms with Gasteiger partial charge in [-0.15, -0.1) is 0 Å². The molecule has 0 radical (unpaired) electrons. The Morgan fingerprint density at radius 3 is 2.62 bits per heavy atom. The quantitative estimate of drug-likeness (QED) is 0.497. The predicted octanol–water partition coefficient (Wildman–Crippen LogP) is 2.64. The van der Waals surface area contributed by atoms with Gasteiger partial charge in [-0.05, 0) is 55.0 Å². The zero-order valence-electron chi connectivity index (χ0n) is 13.4. The van der Waals surface area contributed by atoms with Crippen LogP contribution in [0.4, 0.5) is 0 Å². The minimum atomic E-state index is -0.434. The second-order valence-corrected chi connectivity index (χ2v) is 6.11. The van der Waals surface area contributed by atoms with Crippen LogP contribution in [-0.4, -0.2) is 29.9 Å². The molecule has 1 aliphatic rings. The lowest BCUT2D eigenvalue weighted by molar-refractivity contribution is -0.117. The number of carbonyl (C=O) groups is 1. The van der Waals surface area contributed by atoms with Crippen molar-refractivity contribution in [3.05, 3.63) is 51.7 Å². The fourth-order valence-corrected chi connectivity index (χ4v) is 2.76. The molecule has 1 amide bonds. The second kappa shape index (κ2) is 8.66. The number of halogens is 1. The molecule has 0 aromatic heterocycles. The summed E-state index contributed by atoms with van der Waals surface area (Å²) in [7, 11) is 0. The smallest absolute Gasteiger partial charge is 0.267 e. The van der Waals surface area contributed by atoms with Crippen molar-refractivity contribution in [2.75, 3.05) is 13.2 Å². The van der Waals surface area contributed by atoms with E-state index in [1.807, 2.05) is 30.3 Å². The molecule has 1 aromatic carbocycles. The first kappa shape index (κ1) is 18.2. The van der Waals surface area contributed by atoms with E-state index in [-0.39, 0.29) is 18.8 Å². The molecule has 0 aliphatic heterocycles. The van der Waals surface area contributed by atoms with E-state index in [1.165, 1.54) is 0 Å². The van der Waals surface area contributed by atoms with E-state index in [2.05, 4.69) is 5.32 Å². The van der Waals surface area contributed by atoms with Crippen molar-refractivity contribution in [1.82, 2.24) is 5.32 Å². The van der Waals surface area contributed by atoms with Crippen molar-refractivity contribution in [1.29, 1.82) is 5.41 Å². The number of nitrogens with one attached hydrogen (secondary N) is 2. The molecule has 5 N–H and O–H groups in total. The monoisotopic (exact) mass is 347 g/mol. The van der Waals surface area contributed by atoms with Crippen LogP contribution in [0, 0.1) is 5.41 Å². The summed E-state index contributed by atoms with van der Waals surface area (Å²) in [5.41, 5.74) is 8.75. The third kappa shape index (κ3) is 4.69. The molecule has 0 atom stereocenters. The Labute approximate surface area is 146 Å². The Balaban J connectivity index is 2.29. The fraction of sp³-hybridized carbons (Fsp3) is 0.333. The fourth-order valence-electron chi connectivity index (χ4n) is 2.64. The Morgan fingerprint density at radius 2 is 1.96 bits per heavy atom. The van der Waals surface area contributed by atoms with Gasteiger partial charge in [-0.2, -0.15) is 0 Å². The second-order valence-electron chi connectivity index (χ2n) is 5.67. The third-order valence-corrected chi connectivity index (χ3v) is 4.18. The van der Waals surface area contributed by atoms with Crippen LogP contribution in [-0.2, 0) is 4.79 Å². The Kier molecular flexibility index (Phi) is 6.58. The summed E-state index contributed by atoms with van der Waals surface area (Å²) in [5, 5.41) is 20.5. The number of rotatable bonds is 4.